The Morgan fingerprint density at radius 1 is 1.17 bits per heavy atom. The molecule has 0 spiro atoms. The highest BCUT2D eigenvalue weighted by atomic mass is 32.2. The maximum atomic E-state index is 13.2. The highest BCUT2D eigenvalue weighted by molar-refractivity contribution is 7.91. The van der Waals surface area contributed by atoms with E-state index in [-0.39, 0.29) is 24.9 Å². The molecule has 1 aliphatic heterocycles. The smallest absolute Gasteiger partial charge is 0.341 e. The Balaban J connectivity index is 1.98. The SMILES string of the molecule is CC1CN(c2ccc(S(=O)(=O)C(F)F)cc2[N+](=O)[O-])CC(c2ccc(F)cc2)O1. The van der Waals surface area contributed by atoms with Gasteiger partial charge in [0.2, 0.25) is 9.84 Å². The lowest BCUT2D eigenvalue weighted by atomic mass is 10.1. The summed E-state index contributed by atoms with van der Waals surface area (Å²) in [4.78, 5) is 11.5. The molecule has 156 valence electrons. The number of morpholine rings is 1. The number of sulfone groups is 1. The predicted molar refractivity (Wildman–Crippen MR) is 98.2 cm³/mol. The quantitative estimate of drug-likeness (QED) is 0.531. The number of benzene rings is 2. The first kappa shape index (κ1) is 21.1. The molecule has 0 N–H and O–H groups in total. The number of nitrogens with zero attached hydrogens (tertiary/aromatic N) is 2. The van der Waals surface area contributed by atoms with Gasteiger partial charge in [-0.15, -0.1) is 0 Å². The highest BCUT2D eigenvalue weighted by Crippen LogP contribution is 2.36. The molecular weight excluding hydrogens is 413 g/mol. The third-order valence-electron chi connectivity index (χ3n) is 4.55. The minimum absolute atomic E-state index is 0.0884. The molecule has 1 saturated heterocycles. The van der Waals surface area contributed by atoms with Gasteiger partial charge in [-0.1, -0.05) is 12.1 Å². The molecule has 11 heteroatoms. The zero-order valence-corrected chi connectivity index (χ0v) is 16.0. The molecule has 2 atom stereocenters. The zero-order valence-electron chi connectivity index (χ0n) is 15.2. The number of hydrogen-bond donors (Lipinski definition) is 0. The first-order valence-corrected chi connectivity index (χ1v) is 10.1. The first-order valence-electron chi connectivity index (χ1n) is 8.56. The zero-order chi connectivity index (χ0) is 21.3. The molecule has 7 nitrogen and oxygen atoms in total. The van der Waals surface area contributed by atoms with Crippen LogP contribution in [0.3, 0.4) is 0 Å². The average Bonchev–Trinajstić information content (AvgIpc) is 2.67. The van der Waals surface area contributed by atoms with Crippen LogP contribution in [-0.4, -0.2) is 38.3 Å². The molecule has 2 unspecified atom stereocenters. The van der Waals surface area contributed by atoms with E-state index in [1.807, 2.05) is 0 Å². The number of halogens is 3. The fraction of sp³-hybridized carbons (Fsp3) is 0.333. The Hall–Kier alpha value is -2.66. The molecule has 2 aromatic rings. The molecule has 3 rings (SSSR count). The molecule has 1 aliphatic rings. The molecule has 0 radical (unpaired) electrons. The van der Waals surface area contributed by atoms with E-state index < -0.39 is 43.0 Å². The fourth-order valence-electron chi connectivity index (χ4n) is 3.21. The number of nitro benzene ring substituents is 1. The molecule has 2 aromatic carbocycles. The Bertz CT molecular complexity index is 1010. The van der Waals surface area contributed by atoms with Gasteiger partial charge in [-0.05, 0) is 36.8 Å². The first-order chi connectivity index (χ1) is 13.6. The van der Waals surface area contributed by atoms with Crippen LogP contribution in [-0.2, 0) is 14.6 Å². The van der Waals surface area contributed by atoms with Crippen LogP contribution in [0.2, 0.25) is 0 Å². The lowest BCUT2D eigenvalue weighted by Gasteiger charge is -2.38. The number of alkyl halides is 2. The van der Waals surface area contributed by atoms with Gasteiger partial charge in [0.25, 0.3) is 5.69 Å². The Morgan fingerprint density at radius 2 is 1.83 bits per heavy atom. The third-order valence-corrected chi connectivity index (χ3v) is 5.93. The number of nitro groups is 1. The van der Waals surface area contributed by atoms with Crippen molar-refractivity contribution in [3.8, 4) is 0 Å². The standard InChI is InChI=1S/C18H17F3N2O5S/c1-11-9-22(10-17(28-11)12-2-4-13(19)5-3-12)15-7-6-14(8-16(15)23(24)25)29(26,27)18(20)21/h2-8,11,17-18H,9-10H2,1H3. The van der Waals surface area contributed by atoms with Crippen LogP contribution in [0.1, 0.15) is 18.6 Å². The summed E-state index contributed by atoms with van der Waals surface area (Å²) in [5.41, 5.74) is 0.159. The highest BCUT2D eigenvalue weighted by Gasteiger charge is 2.33. The van der Waals surface area contributed by atoms with Crippen LogP contribution in [0.25, 0.3) is 0 Å². The summed E-state index contributed by atoms with van der Waals surface area (Å²) < 4.78 is 68.0. The van der Waals surface area contributed by atoms with Crippen molar-refractivity contribution in [3.05, 3.63) is 64.0 Å². The lowest BCUT2D eigenvalue weighted by molar-refractivity contribution is -0.384. The van der Waals surface area contributed by atoms with E-state index in [4.69, 9.17) is 4.74 Å². The Kier molecular flexibility index (Phi) is 5.80. The van der Waals surface area contributed by atoms with Gasteiger partial charge in [-0.2, -0.15) is 8.78 Å². The lowest BCUT2D eigenvalue weighted by Crippen LogP contribution is -2.43. The van der Waals surface area contributed by atoms with E-state index in [1.165, 1.54) is 12.1 Å². The van der Waals surface area contributed by atoms with Gasteiger partial charge < -0.3 is 9.64 Å². The third kappa shape index (κ3) is 4.35. The second-order valence-electron chi connectivity index (χ2n) is 6.61. The number of ether oxygens (including phenoxy) is 1. The maximum absolute atomic E-state index is 13.2. The second kappa shape index (κ2) is 7.99. The summed E-state index contributed by atoms with van der Waals surface area (Å²) in [5, 5.41) is 11.5. The Labute approximate surface area is 164 Å². The van der Waals surface area contributed by atoms with E-state index in [0.29, 0.717) is 11.6 Å². The average molecular weight is 430 g/mol. The van der Waals surface area contributed by atoms with E-state index in [0.717, 1.165) is 12.1 Å². The minimum Gasteiger partial charge on any atom is -0.367 e. The summed E-state index contributed by atoms with van der Waals surface area (Å²) in [6.07, 6.45) is -0.855. The second-order valence-corrected chi connectivity index (χ2v) is 8.52. The van der Waals surface area contributed by atoms with Crippen LogP contribution in [0.15, 0.2) is 47.4 Å². The van der Waals surface area contributed by atoms with Gasteiger partial charge in [0, 0.05) is 19.2 Å². The summed E-state index contributed by atoms with van der Waals surface area (Å²) >= 11 is 0. The van der Waals surface area contributed by atoms with Crippen LogP contribution in [0.4, 0.5) is 24.5 Å². The van der Waals surface area contributed by atoms with Gasteiger partial charge in [-0.3, -0.25) is 10.1 Å². The topological polar surface area (TPSA) is 89.8 Å². The monoisotopic (exact) mass is 430 g/mol. The summed E-state index contributed by atoms with van der Waals surface area (Å²) in [5.74, 6) is -4.10. The van der Waals surface area contributed by atoms with Crippen LogP contribution in [0.5, 0.6) is 0 Å². The van der Waals surface area contributed by atoms with Crippen LogP contribution in [0, 0.1) is 15.9 Å². The molecule has 1 heterocycles. The Morgan fingerprint density at radius 3 is 2.41 bits per heavy atom. The fourth-order valence-corrected chi connectivity index (χ4v) is 3.95. The minimum atomic E-state index is -4.97. The summed E-state index contributed by atoms with van der Waals surface area (Å²) in [6.45, 7) is 2.20. The van der Waals surface area contributed by atoms with Crippen molar-refractivity contribution in [2.45, 2.75) is 29.8 Å². The summed E-state index contributed by atoms with van der Waals surface area (Å²) in [6, 6.07) is 8.35. The molecule has 0 saturated carbocycles. The number of rotatable bonds is 5. The van der Waals surface area contributed by atoms with Gasteiger partial charge >= 0.3 is 5.76 Å². The van der Waals surface area contributed by atoms with Crippen molar-refractivity contribution in [2.24, 2.45) is 0 Å². The van der Waals surface area contributed by atoms with Crippen molar-refractivity contribution in [1.29, 1.82) is 0 Å². The largest absolute Gasteiger partial charge is 0.367 e. The number of anilines is 1. The maximum Gasteiger partial charge on any atom is 0.341 e. The normalized spacial score (nSPS) is 20.1. The van der Waals surface area contributed by atoms with E-state index in [2.05, 4.69) is 0 Å². The van der Waals surface area contributed by atoms with Crippen molar-refractivity contribution < 1.29 is 31.2 Å². The summed E-state index contributed by atoms with van der Waals surface area (Å²) in [7, 11) is -4.97. The molecule has 1 fully saturated rings. The van der Waals surface area contributed by atoms with E-state index in [1.54, 1.807) is 24.0 Å². The van der Waals surface area contributed by atoms with Gasteiger partial charge in [0.15, 0.2) is 0 Å². The molecular formula is C18H17F3N2O5S. The predicted octanol–water partition coefficient (Wildman–Crippen LogP) is 3.70. The molecule has 0 aliphatic carbocycles. The number of hydrogen-bond acceptors (Lipinski definition) is 6. The van der Waals surface area contributed by atoms with Gasteiger partial charge in [0.05, 0.1) is 15.9 Å². The molecule has 0 bridgehead atoms. The van der Waals surface area contributed by atoms with Crippen molar-refractivity contribution in [1.82, 2.24) is 0 Å². The van der Waals surface area contributed by atoms with Crippen molar-refractivity contribution in [2.75, 3.05) is 18.0 Å². The van der Waals surface area contributed by atoms with E-state index in [9.17, 15) is 31.7 Å². The van der Waals surface area contributed by atoms with Crippen molar-refractivity contribution in [3.63, 3.8) is 0 Å². The molecule has 29 heavy (non-hydrogen) atoms. The molecule has 0 aromatic heterocycles. The van der Waals surface area contributed by atoms with Crippen molar-refractivity contribution >= 4 is 21.2 Å². The van der Waals surface area contributed by atoms with Gasteiger partial charge in [-0.25, -0.2) is 12.8 Å². The van der Waals surface area contributed by atoms with Crippen LogP contribution >= 0.6 is 0 Å². The molecule has 0 amide bonds. The van der Waals surface area contributed by atoms with E-state index >= 15 is 0 Å². The van der Waals surface area contributed by atoms with Gasteiger partial charge in [0.1, 0.15) is 17.6 Å². The van der Waals surface area contributed by atoms with Crippen LogP contribution < -0.4 is 4.90 Å².